The van der Waals surface area contributed by atoms with Gasteiger partial charge in [0.2, 0.25) is 0 Å². The topological polar surface area (TPSA) is 165 Å². The maximum atomic E-state index is 13.7. The fraction of sp³-hybridized carbons (Fsp3) is 0.412. The van der Waals surface area contributed by atoms with Crippen molar-refractivity contribution < 1.29 is 22.7 Å². The molecule has 48 heavy (non-hydrogen) atoms. The van der Waals surface area contributed by atoms with Gasteiger partial charge >= 0.3 is 18.0 Å². The van der Waals surface area contributed by atoms with Gasteiger partial charge in [-0.05, 0) is 113 Å². The number of H-pyrrole nitrogens is 1. The Morgan fingerprint density at radius 2 is 1.81 bits per heavy atom. The molecule has 4 aromatic rings. The number of halogens is 3. The van der Waals surface area contributed by atoms with Gasteiger partial charge in [-0.25, -0.2) is 9.59 Å². The van der Waals surface area contributed by atoms with Crippen LogP contribution in [0.3, 0.4) is 0 Å². The van der Waals surface area contributed by atoms with Gasteiger partial charge in [-0.3, -0.25) is 14.9 Å². The monoisotopic (exact) mass is 668 g/mol. The number of aromatic amines is 1. The number of alkyl halides is 3. The van der Waals surface area contributed by atoms with Crippen LogP contribution in [-0.4, -0.2) is 51.3 Å². The summed E-state index contributed by atoms with van der Waals surface area (Å²) in [5.41, 5.74) is 12.9. The smallest absolute Gasteiger partial charge is 0.416 e. The number of aliphatic imine (C=N–C) groups is 1. The second-order valence-corrected chi connectivity index (χ2v) is 12.8. The van der Waals surface area contributed by atoms with Crippen LogP contribution >= 0.6 is 0 Å². The molecular formula is C34H43F3N8O3. The third-order valence-electron chi connectivity index (χ3n) is 7.23. The quantitative estimate of drug-likeness (QED) is 0.0767. The summed E-state index contributed by atoms with van der Waals surface area (Å²) >= 11 is 0. The molecule has 0 aliphatic carbocycles. The van der Waals surface area contributed by atoms with E-state index in [9.17, 15) is 22.8 Å². The van der Waals surface area contributed by atoms with E-state index in [4.69, 9.17) is 16.2 Å². The van der Waals surface area contributed by atoms with Crippen LogP contribution in [-0.2, 0) is 23.9 Å². The standard InChI is InChI=1S/C34H43F3N8O3/c1-21(38)7-5-8-23-15-24(17-26(16-23)34(35,36)37)28-18-25-20-45(31(46)43-29(25)42-28)27-11-9-22(10-12-27)19-40-13-6-14-41-30(39)44-32(47)48-33(2,3)4/h9-12,15-18,20-21,40H,5-8,13-14,19,38H2,1-4H3,(H,42,43,46)(H3,39,41,44,47)/t21-/m0/s1. The van der Waals surface area contributed by atoms with Crippen LogP contribution in [0.5, 0.6) is 0 Å². The summed E-state index contributed by atoms with van der Waals surface area (Å²) < 4.78 is 47.8. The van der Waals surface area contributed by atoms with Crippen LogP contribution in [0.4, 0.5) is 18.0 Å². The van der Waals surface area contributed by atoms with E-state index in [-0.39, 0.29) is 17.6 Å². The SMILES string of the molecule is C[C@H](N)CCCc1cc(-c2cc3cn(-c4ccc(CNCCCN=C(N)NC(=O)OC(C)(C)C)cc4)c(=O)nc3[nH]2)cc(C(F)(F)F)c1. The molecule has 0 radical (unpaired) electrons. The van der Waals surface area contributed by atoms with E-state index in [0.717, 1.165) is 11.6 Å². The molecule has 0 aliphatic heterocycles. The highest BCUT2D eigenvalue weighted by atomic mass is 19.4. The zero-order valence-electron chi connectivity index (χ0n) is 27.6. The molecule has 11 nitrogen and oxygen atoms in total. The van der Waals surface area contributed by atoms with Gasteiger partial charge in [-0.2, -0.15) is 18.2 Å². The molecule has 0 aliphatic rings. The zero-order chi connectivity index (χ0) is 35.1. The summed E-state index contributed by atoms with van der Waals surface area (Å²) in [5, 5.41) is 6.28. The Morgan fingerprint density at radius 1 is 1.08 bits per heavy atom. The Labute approximate surface area is 277 Å². The first kappa shape index (κ1) is 36.2. The average molecular weight is 669 g/mol. The molecular weight excluding hydrogens is 625 g/mol. The highest BCUT2D eigenvalue weighted by Gasteiger charge is 2.31. The van der Waals surface area contributed by atoms with Gasteiger partial charge in [0.05, 0.1) is 11.3 Å². The maximum Gasteiger partial charge on any atom is 0.416 e. The fourth-order valence-electron chi connectivity index (χ4n) is 4.98. The molecule has 258 valence electrons. The van der Waals surface area contributed by atoms with Crippen LogP contribution in [0.25, 0.3) is 28.0 Å². The van der Waals surface area contributed by atoms with Crippen LogP contribution in [0.1, 0.15) is 63.6 Å². The number of carbonyl (C=O) groups is 1. The number of ether oxygens (including phenoxy) is 1. The van der Waals surface area contributed by atoms with Crippen molar-refractivity contribution in [1.82, 2.24) is 25.2 Å². The third-order valence-corrected chi connectivity index (χ3v) is 7.23. The number of hydrogen-bond donors (Lipinski definition) is 5. The largest absolute Gasteiger partial charge is 0.444 e. The number of nitrogens with one attached hydrogen (secondary N) is 3. The summed E-state index contributed by atoms with van der Waals surface area (Å²) in [6.45, 7) is 8.77. The molecule has 4 rings (SSSR count). The molecule has 0 saturated carbocycles. The van der Waals surface area contributed by atoms with Crippen LogP contribution in [0.15, 0.2) is 64.5 Å². The van der Waals surface area contributed by atoms with Gasteiger partial charge in [0.25, 0.3) is 0 Å². The minimum absolute atomic E-state index is 0.00723. The average Bonchev–Trinajstić information content (AvgIpc) is 3.40. The molecule has 0 spiro atoms. The van der Waals surface area contributed by atoms with Crippen molar-refractivity contribution >= 4 is 23.1 Å². The van der Waals surface area contributed by atoms with Gasteiger partial charge < -0.3 is 26.5 Å². The minimum atomic E-state index is -4.51. The molecule has 0 bridgehead atoms. The zero-order valence-corrected chi connectivity index (χ0v) is 27.6. The van der Waals surface area contributed by atoms with Crippen molar-refractivity contribution in [2.45, 2.75) is 77.7 Å². The number of amides is 1. The first-order valence-corrected chi connectivity index (χ1v) is 15.8. The maximum absolute atomic E-state index is 13.7. The lowest BCUT2D eigenvalue weighted by atomic mass is 9.99. The second kappa shape index (κ2) is 15.5. The number of aryl methyl sites for hydroxylation is 1. The van der Waals surface area contributed by atoms with Crippen molar-refractivity contribution in [1.29, 1.82) is 0 Å². The van der Waals surface area contributed by atoms with E-state index in [1.807, 2.05) is 19.1 Å². The Kier molecular flexibility index (Phi) is 11.7. The lowest BCUT2D eigenvalue weighted by Gasteiger charge is -2.19. The number of rotatable bonds is 12. The van der Waals surface area contributed by atoms with E-state index in [0.29, 0.717) is 73.2 Å². The number of benzene rings is 2. The molecule has 14 heteroatoms. The van der Waals surface area contributed by atoms with Gasteiger partial charge in [-0.1, -0.05) is 12.1 Å². The highest BCUT2D eigenvalue weighted by molar-refractivity contribution is 5.93. The van der Waals surface area contributed by atoms with Crippen LogP contribution < -0.4 is 27.8 Å². The molecule has 2 heterocycles. The third kappa shape index (κ3) is 10.7. The fourth-order valence-corrected chi connectivity index (χ4v) is 4.98. The molecule has 0 saturated heterocycles. The van der Waals surface area contributed by atoms with Gasteiger partial charge in [0.1, 0.15) is 11.2 Å². The number of hydrogen-bond acceptors (Lipinski definition) is 7. The van der Waals surface area contributed by atoms with Crippen molar-refractivity contribution in [3.05, 3.63) is 81.9 Å². The number of fused-ring (bicyclic) bond motifs is 1. The number of alkyl carbamates (subject to hydrolysis) is 1. The van der Waals surface area contributed by atoms with E-state index in [1.165, 1.54) is 10.6 Å². The van der Waals surface area contributed by atoms with Crippen LogP contribution in [0.2, 0.25) is 0 Å². The predicted molar refractivity (Wildman–Crippen MR) is 181 cm³/mol. The Bertz CT molecular complexity index is 1790. The Balaban J connectivity index is 1.39. The van der Waals surface area contributed by atoms with Gasteiger partial charge in [-0.15, -0.1) is 0 Å². The number of nitrogens with zero attached hydrogens (tertiary/aromatic N) is 3. The molecule has 1 amide bonds. The lowest BCUT2D eigenvalue weighted by Crippen LogP contribution is -2.40. The number of aromatic nitrogens is 3. The van der Waals surface area contributed by atoms with E-state index >= 15 is 0 Å². The van der Waals surface area contributed by atoms with Gasteiger partial charge in [0, 0.05) is 36.4 Å². The highest BCUT2D eigenvalue weighted by Crippen LogP contribution is 2.34. The van der Waals surface area contributed by atoms with Crippen molar-refractivity contribution in [3.8, 4) is 16.9 Å². The first-order valence-electron chi connectivity index (χ1n) is 15.8. The summed E-state index contributed by atoms with van der Waals surface area (Å²) in [6, 6.07) is 13.0. The summed E-state index contributed by atoms with van der Waals surface area (Å²) in [6.07, 6.45) is -1.02. The van der Waals surface area contributed by atoms with Crippen molar-refractivity contribution in [2.24, 2.45) is 16.5 Å². The molecule has 2 aromatic carbocycles. The van der Waals surface area contributed by atoms with E-state index < -0.39 is 29.1 Å². The number of guanidine groups is 1. The summed E-state index contributed by atoms with van der Waals surface area (Å²) in [5.74, 6) is -0.00723. The van der Waals surface area contributed by atoms with Crippen LogP contribution in [0, 0.1) is 0 Å². The normalized spacial score (nSPS) is 13.1. The molecule has 2 aromatic heterocycles. The molecule has 1 atom stereocenters. The van der Waals surface area contributed by atoms with Gasteiger partial charge in [0.15, 0.2) is 5.96 Å². The predicted octanol–water partition coefficient (Wildman–Crippen LogP) is 5.39. The molecule has 7 N–H and O–H groups in total. The summed E-state index contributed by atoms with van der Waals surface area (Å²) in [4.78, 5) is 36.0. The van der Waals surface area contributed by atoms with E-state index in [2.05, 4.69) is 25.6 Å². The number of nitrogens with two attached hydrogens (primary N) is 2. The van der Waals surface area contributed by atoms with Crippen molar-refractivity contribution in [2.75, 3.05) is 13.1 Å². The second-order valence-electron chi connectivity index (χ2n) is 12.8. The summed E-state index contributed by atoms with van der Waals surface area (Å²) in [7, 11) is 0. The minimum Gasteiger partial charge on any atom is -0.444 e. The number of carbonyl (C=O) groups excluding carboxylic acids is 1. The molecule has 0 unspecified atom stereocenters. The first-order chi connectivity index (χ1) is 22.6. The Hall–Kier alpha value is -4.69. The Morgan fingerprint density at radius 3 is 2.48 bits per heavy atom. The molecule has 0 fully saturated rings. The lowest BCUT2D eigenvalue weighted by molar-refractivity contribution is -0.137. The van der Waals surface area contributed by atoms with E-state index in [1.54, 1.807) is 51.2 Å². The van der Waals surface area contributed by atoms with Crippen molar-refractivity contribution in [3.63, 3.8) is 0 Å².